The number of rotatable bonds is 6. The van der Waals surface area contributed by atoms with Gasteiger partial charge < -0.3 is 10.1 Å². The Morgan fingerprint density at radius 3 is 2.63 bits per heavy atom. The number of amides is 2. The lowest BCUT2D eigenvalue weighted by Gasteiger charge is -2.13. The third kappa shape index (κ3) is 5.17. The lowest BCUT2D eigenvalue weighted by atomic mass is 10.1. The second-order valence-corrected chi connectivity index (χ2v) is 9.81. The van der Waals surface area contributed by atoms with Gasteiger partial charge in [-0.25, -0.2) is 13.4 Å². The molecule has 0 radical (unpaired) electrons. The Morgan fingerprint density at radius 1 is 1.09 bits per heavy atom. The summed E-state index contributed by atoms with van der Waals surface area (Å²) in [6, 6.07) is 8.31. The van der Waals surface area contributed by atoms with Gasteiger partial charge >= 0.3 is 0 Å². The third-order valence-electron chi connectivity index (χ3n) is 5.67. The largest absolute Gasteiger partial charge is 0.495 e. The van der Waals surface area contributed by atoms with Crippen LogP contribution in [0.2, 0.25) is 0 Å². The number of fused-ring (bicyclic) bond motifs is 2. The summed E-state index contributed by atoms with van der Waals surface area (Å²) in [5.41, 5.74) is 2.72. The summed E-state index contributed by atoms with van der Waals surface area (Å²) < 4.78 is 32.3. The van der Waals surface area contributed by atoms with Crippen molar-refractivity contribution in [3.05, 3.63) is 58.1 Å². The number of carbonyl (C=O) groups excluding carboxylic acids is 2. The molecule has 2 heterocycles. The summed E-state index contributed by atoms with van der Waals surface area (Å²) in [4.78, 5) is 43.4. The second kappa shape index (κ2) is 9.84. The number of anilines is 1. The van der Waals surface area contributed by atoms with E-state index in [4.69, 9.17) is 4.74 Å². The van der Waals surface area contributed by atoms with E-state index in [2.05, 4.69) is 15.7 Å². The zero-order valence-corrected chi connectivity index (χ0v) is 20.1. The monoisotopic (exact) mass is 499 g/mol. The van der Waals surface area contributed by atoms with Crippen LogP contribution in [-0.4, -0.2) is 36.9 Å². The van der Waals surface area contributed by atoms with Gasteiger partial charge in [-0.3, -0.25) is 24.4 Å². The molecule has 11 nitrogen and oxygen atoms in total. The molecule has 0 atom stereocenters. The first-order valence-corrected chi connectivity index (χ1v) is 12.5. The van der Waals surface area contributed by atoms with Crippen molar-refractivity contribution >= 4 is 38.4 Å². The Hall–Kier alpha value is -3.77. The number of hydrogen-bond acceptors (Lipinski definition) is 7. The maximum Gasteiger partial charge on any atom is 0.266 e. The summed E-state index contributed by atoms with van der Waals surface area (Å²) in [6.07, 6.45) is 3.56. The molecule has 0 unspecified atom stereocenters. The maximum absolute atomic E-state index is 12.9. The van der Waals surface area contributed by atoms with Gasteiger partial charge in [-0.1, -0.05) is 6.42 Å². The molecule has 0 fully saturated rings. The van der Waals surface area contributed by atoms with Crippen molar-refractivity contribution in [3.8, 4) is 5.75 Å². The van der Waals surface area contributed by atoms with Gasteiger partial charge in [0.1, 0.15) is 11.6 Å². The first-order chi connectivity index (χ1) is 16.7. The van der Waals surface area contributed by atoms with Crippen LogP contribution in [-0.2, 0) is 27.8 Å². The number of sulfonamides is 1. The van der Waals surface area contributed by atoms with Crippen LogP contribution in [0.1, 0.15) is 42.4 Å². The minimum absolute atomic E-state index is 0.138. The summed E-state index contributed by atoms with van der Waals surface area (Å²) in [5.74, 6) is -0.156. The number of hydrazine groups is 1. The number of ether oxygens (including phenoxy) is 1. The molecule has 2 aromatic carbocycles. The van der Waals surface area contributed by atoms with E-state index in [-0.39, 0.29) is 27.5 Å². The van der Waals surface area contributed by atoms with Crippen molar-refractivity contribution in [1.29, 1.82) is 0 Å². The SMILES string of the molecule is COc1ccc(S(=O)(=O)NNC(=O)c2ccc3c(=O)n4c(nc3c2)CCCCC4)cc1NC(C)=O. The number of aryl methyl sites for hydroxylation is 1. The van der Waals surface area contributed by atoms with E-state index >= 15 is 0 Å². The molecule has 4 rings (SSSR count). The molecule has 0 saturated heterocycles. The van der Waals surface area contributed by atoms with Crippen molar-refractivity contribution in [2.75, 3.05) is 12.4 Å². The Labute approximate surface area is 201 Å². The first-order valence-electron chi connectivity index (χ1n) is 11.0. The van der Waals surface area contributed by atoms with Gasteiger partial charge in [-0.05, 0) is 49.2 Å². The Bertz CT molecular complexity index is 1480. The zero-order chi connectivity index (χ0) is 25.2. The normalized spacial score (nSPS) is 13.5. The molecule has 0 saturated carbocycles. The van der Waals surface area contributed by atoms with E-state index in [9.17, 15) is 22.8 Å². The molecular formula is C23H25N5O6S. The van der Waals surface area contributed by atoms with Crippen LogP contribution in [0.3, 0.4) is 0 Å². The molecule has 1 aliphatic heterocycles. The van der Waals surface area contributed by atoms with Crippen molar-refractivity contribution in [1.82, 2.24) is 19.8 Å². The van der Waals surface area contributed by atoms with Gasteiger partial charge in [-0.15, -0.1) is 4.83 Å². The number of hydrogen-bond donors (Lipinski definition) is 3. The quantitative estimate of drug-likeness (QED) is 0.437. The molecular weight excluding hydrogens is 474 g/mol. The number of benzene rings is 2. The van der Waals surface area contributed by atoms with Crippen molar-refractivity contribution in [2.24, 2.45) is 0 Å². The van der Waals surface area contributed by atoms with Crippen LogP contribution in [0, 0.1) is 0 Å². The molecule has 3 N–H and O–H groups in total. The van der Waals surface area contributed by atoms with Crippen LogP contribution in [0.15, 0.2) is 46.1 Å². The van der Waals surface area contributed by atoms with E-state index in [0.717, 1.165) is 19.3 Å². The Balaban J connectivity index is 1.55. The lowest BCUT2D eigenvalue weighted by molar-refractivity contribution is -0.114. The average Bonchev–Trinajstić information content (AvgIpc) is 3.07. The summed E-state index contributed by atoms with van der Waals surface area (Å²) in [7, 11) is -2.78. The molecule has 2 amide bonds. The number of aromatic nitrogens is 2. The molecule has 0 spiro atoms. The average molecular weight is 500 g/mol. The second-order valence-electron chi connectivity index (χ2n) is 8.13. The van der Waals surface area contributed by atoms with Gasteiger partial charge in [0.25, 0.3) is 21.5 Å². The minimum Gasteiger partial charge on any atom is -0.495 e. The van der Waals surface area contributed by atoms with Crippen LogP contribution in [0.5, 0.6) is 5.75 Å². The van der Waals surface area contributed by atoms with Crippen LogP contribution in [0.4, 0.5) is 5.69 Å². The van der Waals surface area contributed by atoms with Crippen molar-refractivity contribution < 1.29 is 22.7 Å². The predicted octanol–water partition coefficient (Wildman–Crippen LogP) is 1.71. The van der Waals surface area contributed by atoms with Crippen molar-refractivity contribution in [3.63, 3.8) is 0 Å². The van der Waals surface area contributed by atoms with Gasteiger partial charge in [-0.2, -0.15) is 0 Å². The zero-order valence-electron chi connectivity index (χ0n) is 19.3. The highest BCUT2D eigenvalue weighted by atomic mass is 32.2. The van der Waals surface area contributed by atoms with Crippen LogP contribution < -0.4 is 25.9 Å². The number of nitrogens with one attached hydrogen (secondary N) is 3. The Morgan fingerprint density at radius 2 is 1.89 bits per heavy atom. The standard InChI is InChI=1S/C23H25N5O6S/c1-14(29)24-19-13-16(8-10-20(19)34-2)35(32,33)27-26-22(30)15-7-9-17-18(12-15)25-21-6-4-3-5-11-28(21)23(17)31/h7-10,12-13,27H,3-6,11H2,1-2H3,(H,24,29)(H,26,30). The molecule has 0 aliphatic carbocycles. The molecule has 3 aromatic rings. The van der Waals surface area contributed by atoms with Crippen LogP contribution >= 0.6 is 0 Å². The van der Waals surface area contributed by atoms with E-state index < -0.39 is 21.8 Å². The molecule has 1 aromatic heterocycles. The highest BCUT2D eigenvalue weighted by Crippen LogP contribution is 2.27. The van der Waals surface area contributed by atoms with E-state index in [0.29, 0.717) is 29.7 Å². The fraction of sp³-hybridized carbons (Fsp3) is 0.304. The molecule has 0 bridgehead atoms. The summed E-state index contributed by atoms with van der Waals surface area (Å²) in [5, 5.41) is 2.90. The van der Waals surface area contributed by atoms with E-state index in [1.165, 1.54) is 50.4 Å². The third-order valence-corrected chi connectivity index (χ3v) is 6.91. The predicted molar refractivity (Wildman–Crippen MR) is 129 cm³/mol. The lowest BCUT2D eigenvalue weighted by Crippen LogP contribution is -2.41. The van der Waals surface area contributed by atoms with Crippen molar-refractivity contribution in [2.45, 2.75) is 44.0 Å². The first kappa shape index (κ1) is 24.4. The minimum atomic E-state index is -4.17. The van der Waals surface area contributed by atoms with Gasteiger partial charge in [0.05, 0.1) is 28.6 Å². The number of nitrogens with zero attached hydrogens (tertiary/aromatic N) is 2. The van der Waals surface area contributed by atoms with E-state index in [1.807, 2.05) is 4.83 Å². The smallest absolute Gasteiger partial charge is 0.266 e. The van der Waals surface area contributed by atoms with Gasteiger partial charge in [0, 0.05) is 25.5 Å². The maximum atomic E-state index is 12.9. The molecule has 184 valence electrons. The van der Waals surface area contributed by atoms with E-state index in [1.54, 1.807) is 4.57 Å². The molecule has 35 heavy (non-hydrogen) atoms. The van der Waals surface area contributed by atoms with Crippen LogP contribution in [0.25, 0.3) is 10.9 Å². The summed E-state index contributed by atoms with van der Waals surface area (Å²) >= 11 is 0. The highest BCUT2D eigenvalue weighted by Gasteiger charge is 2.20. The topological polar surface area (TPSA) is 148 Å². The number of methoxy groups -OCH3 is 1. The molecule has 12 heteroatoms. The highest BCUT2D eigenvalue weighted by molar-refractivity contribution is 7.89. The summed E-state index contributed by atoms with van der Waals surface area (Å²) in [6.45, 7) is 1.90. The number of carbonyl (C=O) groups is 2. The fourth-order valence-electron chi connectivity index (χ4n) is 3.95. The fourth-order valence-corrected chi connectivity index (χ4v) is 4.81. The molecule has 1 aliphatic rings. The van der Waals surface area contributed by atoms with Gasteiger partial charge in [0.2, 0.25) is 5.91 Å². The Kier molecular flexibility index (Phi) is 6.85. The van der Waals surface area contributed by atoms with Gasteiger partial charge in [0.15, 0.2) is 0 Å².